The lowest BCUT2D eigenvalue weighted by atomic mass is 9.97. The SMILES string of the molecule is CCCC(CCC)C(=O)Nc1ccccc1C#CCCO. The number of hydrogen-bond donors (Lipinski definition) is 2. The Morgan fingerprint density at radius 3 is 2.52 bits per heavy atom. The van der Waals surface area contributed by atoms with E-state index in [1.807, 2.05) is 24.3 Å². The highest BCUT2D eigenvalue weighted by molar-refractivity contribution is 5.93. The first-order valence-electron chi connectivity index (χ1n) is 7.72. The molecule has 21 heavy (non-hydrogen) atoms. The number of nitrogens with one attached hydrogen (secondary N) is 1. The van der Waals surface area contributed by atoms with Crippen molar-refractivity contribution in [1.29, 1.82) is 0 Å². The van der Waals surface area contributed by atoms with Gasteiger partial charge in [0.2, 0.25) is 5.91 Å². The number of amides is 1. The van der Waals surface area contributed by atoms with Gasteiger partial charge >= 0.3 is 0 Å². The summed E-state index contributed by atoms with van der Waals surface area (Å²) in [6.45, 7) is 4.26. The lowest BCUT2D eigenvalue weighted by molar-refractivity contribution is -0.120. The number of aliphatic hydroxyl groups excluding tert-OH is 1. The summed E-state index contributed by atoms with van der Waals surface area (Å²) in [6, 6.07) is 7.54. The Bertz CT molecular complexity index is 493. The summed E-state index contributed by atoms with van der Waals surface area (Å²) in [5.41, 5.74) is 1.55. The first-order valence-corrected chi connectivity index (χ1v) is 7.72. The highest BCUT2D eigenvalue weighted by Gasteiger charge is 2.17. The lowest BCUT2D eigenvalue weighted by Gasteiger charge is -2.16. The van der Waals surface area contributed by atoms with Crippen LogP contribution in [0.5, 0.6) is 0 Å². The van der Waals surface area contributed by atoms with Crippen LogP contribution >= 0.6 is 0 Å². The second-order valence-electron chi connectivity index (χ2n) is 5.08. The topological polar surface area (TPSA) is 49.3 Å². The van der Waals surface area contributed by atoms with Crippen LogP contribution in [0.4, 0.5) is 5.69 Å². The summed E-state index contributed by atoms with van der Waals surface area (Å²) < 4.78 is 0. The van der Waals surface area contributed by atoms with E-state index in [1.165, 1.54) is 0 Å². The third-order valence-electron chi connectivity index (χ3n) is 3.29. The van der Waals surface area contributed by atoms with E-state index in [-0.39, 0.29) is 18.4 Å². The van der Waals surface area contributed by atoms with Gasteiger partial charge in [-0.2, -0.15) is 0 Å². The van der Waals surface area contributed by atoms with Crippen LogP contribution < -0.4 is 5.32 Å². The van der Waals surface area contributed by atoms with Crippen molar-refractivity contribution in [3.63, 3.8) is 0 Å². The van der Waals surface area contributed by atoms with Crippen LogP contribution in [0.2, 0.25) is 0 Å². The average Bonchev–Trinajstić information content (AvgIpc) is 2.49. The molecule has 0 unspecified atom stereocenters. The van der Waals surface area contributed by atoms with Gasteiger partial charge < -0.3 is 10.4 Å². The molecule has 0 bridgehead atoms. The van der Waals surface area contributed by atoms with Crippen LogP contribution in [0.25, 0.3) is 0 Å². The maximum absolute atomic E-state index is 12.4. The lowest BCUT2D eigenvalue weighted by Crippen LogP contribution is -2.23. The summed E-state index contributed by atoms with van der Waals surface area (Å²) in [4.78, 5) is 12.4. The molecule has 114 valence electrons. The van der Waals surface area contributed by atoms with Gasteiger partial charge in [0.15, 0.2) is 0 Å². The van der Waals surface area contributed by atoms with Crippen molar-refractivity contribution in [1.82, 2.24) is 0 Å². The monoisotopic (exact) mass is 287 g/mol. The number of carbonyl (C=O) groups excluding carboxylic acids is 1. The third-order valence-corrected chi connectivity index (χ3v) is 3.29. The van der Waals surface area contributed by atoms with E-state index >= 15 is 0 Å². The molecule has 0 aromatic heterocycles. The summed E-state index contributed by atoms with van der Waals surface area (Å²) in [6.07, 6.45) is 4.29. The molecular formula is C18H25NO2. The molecule has 1 amide bonds. The fourth-order valence-electron chi connectivity index (χ4n) is 2.25. The molecule has 0 aliphatic carbocycles. The minimum atomic E-state index is 0.0522. The van der Waals surface area contributed by atoms with Crippen molar-refractivity contribution >= 4 is 11.6 Å². The molecule has 0 radical (unpaired) electrons. The quantitative estimate of drug-likeness (QED) is 0.753. The summed E-state index contributed by atoms with van der Waals surface area (Å²) in [5.74, 6) is 6.04. The maximum atomic E-state index is 12.4. The summed E-state index contributed by atoms with van der Waals surface area (Å²) >= 11 is 0. The van der Waals surface area contributed by atoms with Crippen molar-refractivity contribution in [2.24, 2.45) is 5.92 Å². The summed E-state index contributed by atoms with van der Waals surface area (Å²) in [5, 5.41) is 11.8. The fourth-order valence-corrected chi connectivity index (χ4v) is 2.25. The number of rotatable bonds is 7. The molecule has 1 aromatic carbocycles. The normalized spacial score (nSPS) is 10.1. The fraction of sp³-hybridized carbons (Fsp3) is 0.500. The van der Waals surface area contributed by atoms with Crippen LogP contribution in [-0.2, 0) is 4.79 Å². The van der Waals surface area contributed by atoms with Crippen molar-refractivity contribution in [2.75, 3.05) is 11.9 Å². The molecule has 0 spiro atoms. The third kappa shape index (κ3) is 6.01. The zero-order valence-corrected chi connectivity index (χ0v) is 13.0. The number of aliphatic hydroxyl groups is 1. The van der Waals surface area contributed by atoms with Crippen LogP contribution in [0, 0.1) is 17.8 Å². The molecule has 0 heterocycles. The molecule has 0 fully saturated rings. The van der Waals surface area contributed by atoms with Gasteiger partial charge in [0, 0.05) is 17.9 Å². The Hall–Kier alpha value is -1.79. The van der Waals surface area contributed by atoms with E-state index in [0.29, 0.717) is 6.42 Å². The van der Waals surface area contributed by atoms with E-state index in [4.69, 9.17) is 5.11 Å². The van der Waals surface area contributed by atoms with Gasteiger partial charge in [-0.25, -0.2) is 0 Å². The average molecular weight is 287 g/mol. The van der Waals surface area contributed by atoms with E-state index in [2.05, 4.69) is 31.0 Å². The second-order valence-corrected chi connectivity index (χ2v) is 5.08. The number of carbonyl (C=O) groups is 1. The first-order chi connectivity index (χ1) is 10.2. The highest BCUT2D eigenvalue weighted by atomic mass is 16.2. The minimum Gasteiger partial charge on any atom is -0.395 e. The van der Waals surface area contributed by atoms with Gasteiger partial charge in [0.25, 0.3) is 0 Å². The van der Waals surface area contributed by atoms with E-state index in [9.17, 15) is 4.79 Å². The number of benzene rings is 1. The predicted octanol–water partition coefficient (Wildman–Crippen LogP) is 3.58. The van der Waals surface area contributed by atoms with E-state index < -0.39 is 0 Å². The minimum absolute atomic E-state index is 0.0522. The van der Waals surface area contributed by atoms with Gasteiger partial charge in [-0.15, -0.1) is 0 Å². The van der Waals surface area contributed by atoms with Crippen LogP contribution in [0.1, 0.15) is 51.5 Å². The Kier molecular flexibility index (Phi) is 8.23. The Labute approximate surface area is 127 Å². The number of hydrogen-bond acceptors (Lipinski definition) is 2. The zero-order valence-electron chi connectivity index (χ0n) is 13.0. The van der Waals surface area contributed by atoms with Crippen molar-refractivity contribution in [3.05, 3.63) is 29.8 Å². The molecule has 1 aromatic rings. The second kappa shape index (κ2) is 10.0. The zero-order chi connectivity index (χ0) is 15.5. The molecular weight excluding hydrogens is 262 g/mol. The largest absolute Gasteiger partial charge is 0.395 e. The standard InChI is InChI=1S/C18H25NO2/c1-3-9-16(10-4-2)18(21)19-17-13-6-5-11-15(17)12-7-8-14-20/h5-6,11,13,16,20H,3-4,8-10,14H2,1-2H3,(H,19,21). The molecule has 0 saturated carbocycles. The molecule has 2 N–H and O–H groups in total. The van der Waals surface area contributed by atoms with Crippen LogP contribution in [-0.4, -0.2) is 17.6 Å². The molecule has 0 saturated heterocycles. The molecule has 1 rings (SSSR count). The summed E-state index contributed by atoms with van der Waals surface area (Å²) in [7, 11) is 0. The van der Waals surface area contributed by atoms with Gasteiger partial charge in [0.1, 0.15) is 0 Å². The van der Waals surface area contributed by atoms with Crippen LogP contribution in [0.3, 0.4) is 0 Å². The molecule has 0 aliphatic heterocycles. The Balaban J connectivity index is 2.82. The van der Waals surface area contributed by atoms with E-state index in [1.54, 1.807) is 0 Å². The maximum Gasteiger partial charge on any atom is 0.227 e. The van der Waals surface area contributed by atoms with Gasteiger partial charge in [-0.3, -0.25) is 4.79 Å². The molecule has 0 atom stereocenters. The molecule has 3 heteroatoms. The van der Waals surface area contributed by atoms with Gasteiger partial charge in [0.05, 0.1) is 12.3 Å². The number of anilines is 1. The van der Waals surface area contributed by atoms with Crippen molar-refractivity contribution in [2.45, 2.75) is 46.0 Å². The smallest absolute Gasteiger partial charge is 0.227 e. The molecule has 3 nitrogen and oxygen atoms in total. The predicted molar refractivity (Wildman–Crippen MR) is 87.0 cm³/mol. The Morgan fingerprint density at radius 2 is 1.90 bits per heavy atom. The van der Waals surface area contributed by atoms with Crippen molar-refractivity contribution < 1.29 is 9.90 Å². The van der Waals surface area contributed by atoms with Crippen LogP contribution in [0.15, 0.2) is 24.3 Å². The van der Waals surface area contributed by atoms with Crippen molar-refractivity contribution in [3.8, 4) is 11.8 Å². The Morgan fingerprint density at radius 1 is 1.24 bits per heavy atom. The van der Waals surface area contributed by atoms with Gasteiger partial charge in [-0.1, -0.05) is 50.7 Å². The molecule has 0 aliphatic rings. The van der Waals surface area contributed by atoms with E-state index in [0.717, 1.165) is 36.9 Å². The number of para-hydroxylation sites is 1. The van der Waals surface area contributed by atoms with Gasteiger partial charge in [-0.05, 0) is 25.0 Å². The highest BCUT2D eigenvalue weighted by Crippen LogP contribution is 2.19. The first kappa shape index (κ1) is 17.3.